The third-order valence-corrected chi connectivity index (χ3v) is 5.28. The van der Waals surface area contributed by atoms with Gasteiger partial charge in [-0.25, -0.2) is 9.10 Å². The number of benzene rings is 1. The molecule has 1 N–H and O–H groups in total. The van der Waals surface area contributed by atoms with Crippen molar-refractivity contribution < 1.29 is 19.4 Å². The Balaban J connectivity index is 2.09. The fourth-order valence-corrected chi connectivity index (χ4v) is 3.86. The molecule has 2 aliphatic rings. The summed E-state index contributed by atoms with van der Waals surface area (Å²) in [6.07, 6.45) is -0.429. The van der Waals surface area contributed by atoms with Crippen LogP contribution >= 0.6 is 27.9 Å². The first kappa shape index (κ1) is 14.7. The molecule has 7 heteroatoms. The van der Waals surface area contributed by atoms with E-state index in [2.05, 4.69) is 15.9 Å². The molecule has 0 saturated carbocycles. The second-order valence-corrected chi connectivity index (χ2v) is 7.06. The van der Waals surface area contributed by atoms with E-state index in [9.17, 15) is 9.90 Å². The maximum Gasteiger partial charge on any atom is 0.420 e. The molecule has 0 aliphatic carbocycles. The van der Waals surface area contributed by atoms with Gasteiger partial charge in [0.1, 0.15) is 18.0 Å². The largest absolute Gasteiger partial charge is 0.490 e. The molecule has 0 radical (unpaired) electrons. The van der Waals surface area contributed by atoms with E-state index >= 15 is 0 Å². The number of nitrogens with zero attached hydrogens (tertiary/aromatic N) is 1. The Hall–Kier alpha value is -1.18. The zero-order valence-electron chi connectivity index (χ0n) is 11.6. The van der Waals surface area contributed by atoms with Crippen LogP contribution in [0.1, 0.15) is 12.5 Å². The molecule has 0 fully saturated rings. The van der Waals surface area contributed by atoms with E-state index in [0.29, 0.717) is 12.3 Å². The lowest BCUT2D eigenvalue weighted by molar-refractivity contribution is 0.0533. The standard InChI is InChI=1S/C14H14BrNO4S/c1-14(18)7-20-11-4-3-8(15)5-9(11)10-6-16(13(17)19-2)21-12(10)14/h3-5,18H,6-7H2,1-2H3. The SMILES string of the molecule is COC(=O)N1CC2=C(S1)C(C)(O)COc1ccc(Br)cc12. The van der Waals surface area contributed by atoms with Crippen molar-refractivity contribution in [1.29, 1.82) is 0 Å². The van der Waals surface area contributed by atoms with Gasteiger partial charge in [0, 0.05) is 14.9 Å². The Morgan fingerprint density at radius 1 is 1.57 bits per heavy atom. The van der Waals surface area contributed by atoms with E-state index < -0.39 is 11.7 Å². The van der Waals surface area contributed by atoms with Gasteiger partial charge in [0.2, 0.25) is 0 Å². The van der Waals surface area contributed by atoms with Crippen molar-refractivity contribution in [3.8, 4) is 5.75 Å². The molecular formula is C14H14BrNO4S. The average molecular weight is 372 g/mol. The zero-order valence-corrected chi connectivity index (χ0v) is 14.0. The van der Waals surface area contributed by atoms with E-state index in [1.54, 1.807) is 6.92 Å². The van der Waals surface area contributed by atoms with Crippen LogP contribution in [0.5, 0.6) is 5.75 Å². The number of hydrogen-bond donors (Lipinski definition) is 1. The number of hydrogen-bond acceptors (Lipinski definition) is 5. The molecule has 0 bridgehead atoms. The number of fused-ring (bicyclic) bond motifs is 2. The Labute approximate surface area is 135 Å². The van der Waals surface area contributed by atoms with Gasteiger partial charge in [-0.2, -0.15) is 0 Å². The van der Waals surface area contributed by atoms with Crippen molar-refractivity contribution in [3.05, 3.63) is 33.1 Å². The summed E-state index contributed by atoms with van der Waals surface area (Å²) in [6.45, 7) is 2.20. The molecule has 1 atom stereocenters. The van der Waals surface area contributed by atoms with Crippen LogP contribution in [0, 0.1) is 0 Å². The highest BCUT2D eigenvalue weighted by Crippen LogP contribution is 2.48. The highest BCUT2D eigenvalue weighted by molar-refractivity contribution is 9.10. The van der Waals surface area contributed by atoms with Gasteiger partial charge in [0.25, 0.3) is 0 Å². The molecule has 2 heterocycles. The summed E-state index contributed by atoms with van der Waals surface area (Å²) >= 11 is 4.66. The Morgan fingerprint density at radius 2 is 2.33 bits per heavy atom. The maximum atomic E-state index is 11.8. The first-order chi connectivity index (χ1) is 9.92. The van der Waals surface area contributed by atoms with Crippen LogP contribution in [0.2, 0.25) is 0 Å². The predicted molar refractivity (Wildman–Crippen MR) is 83.9 cm³/mol. The number of ether oxygens (including phenoxy) is 2. The van der Waals surface area contributed by atoms with E-state index in [1.165, 1.54) is 23.4 Å². The smallest absolute Gasteiger partial charge is 0.420 e. The van der Waals surface area contributed by atoms with Gasteiger partial charge in [-0.15, -0.1) is 0 Å². The minimum Gasteiger partial charge on any atom is -0.490 e. The van der Waals surface area contributed by atoms with Crippen LogP contribution in [-0.4, -0.2) is 41.4 Å². The lowest BCUT2D eigenvalue weighted by Crippen LogP contribution is -2.33. The van der Waals surface area contributed by atoms with Gasteiger partial charge < -0.3 is 14.6 Å². The summed E-state index contributed by atoms with van der Waals surface area (Å²) in [5.74, 6) is 0.704. The molecule has 1 amide bonds. The van der Waals surface area contributed by atoms with Gasteiger partial charge in [0.15, 0.2) is 0 Å². The van der Waals surface area contributed by atoms with Crippen LogP contribution in [-0.2, 0) is 4.74 Å². The van der Waals surface area contributed by atoms with Crippen LogP contribution in [0.3, 0.4) is 0 Å². The predicted octanol–water partition coefficient (Wildman–Crippen LogP) is 3.03. The van der Waals surface area contributed by atoms with Crippen LogP contribution in [0.15, 0.2) is 27.6 Å². The molecule has 0 aromatic heterocycles. The van der Waals surface area contributed by atoms with Crippen molar-refractivity contribution in [1.82, 2.24) is 4.31 Å². The van der Waals surface area contributed by atoms with Crippen LogP contribution in [0.25, 0.3) is 5.57 Å². The minimum atomic E-state index is -1.14. The van der Waals surface area contributed by atoms with E-state index in [-0.39, 0.29) is 6.61 Å². The number of rotatable bonds is 0. The number of methoxy groups -OCH3 is 1. The molecule has 1 aromatic rings. The molecule has 0 spiro atoms. The minimum absolute atomic E-state index is 0.141. The first-order valence-corrected chi connectivity index (χ1v) is 7.91. The summed E-state index contributed by atoms with van der Waals surface area (Å²) in [4.78, 5) is 12.5. The number of amides is 1. The van der Waals surface area contributed by atoms with Gasteiger partial charge in [0.05, 0.1) is 13.7 Å². The molecule has 21 heavy (non-hydrogen) atoms. The second kappa shape index (κ2) is 5.23. The first-order valence-electron chi connectivity index (χ1n) is 6.34. The summed E-state index contributed by atoms with van der Waals surface area (Å²) in [5.41, 5.74) is 0.633. The van der Waals surface area contributed by atoms with Crippen molar-refractivity contribution >= 4 is 39.5 Å². The quantitative estimate of drug-likeness (QED) is 0.710. The summed E-state index contributed by atoms with van der Waals surface area (Å²) in [6, 6.07) is 5.68. The number of carbonyl (C=O) groups is 1. The lowest BCUT2D eigenvalue weighted by Gasteiger charge is -2.24. The summed E-state index contributed by atoms with van der Waals surface area (Å²) < 4.78 is 12.9. The summed E-state index contributed by atoms with van der Waals surface area (Å²) in [5, 5.41) is 10.6. The van der Waals surface area contributed by atoms with E-state index in [0.717, 1.165) is 20.5 Å². The number of aliphatic hydroxyl groups is 1. The topological polar surface area (TPSA) is 59.0 Å². The van der Waals surface area contributed by atoms with E-state index in [4.69, 9.17) is 9.47 Å². The summed E-state index contributed by atoms with van der Waals surface area (Å²) in [7, 11) is 1.35. The molecule has 5 nitrogen and oxygen atoms in total. The number of halogens is 1. The lowest BCUT2D eigenvalue weighted by atomic mass is 9.99. The molecule has 1 aromatic carbocycles. The highest BCUT2D eigenvalue weighted by atomic mass is 79.9. The maximum absolute atomic E-state index is 11.8. The van der Waals surface area contributed by atoms with Crippen molar-refractivity contribution in [2.24, 2.45) is 0 Å². The molecule has 0 saturated heterocycles. The Kier molecular flexibility index (Phi) is 3.67. The monoisotopic (exact) mass is 371 g/mol. The molecule has 1 unspecified atom stereocenters. The molecular weight excluding hydrogens is 358 g/mol. The van der Waals surface area contributed by atoms with Gasteiger partial charge in [-0.3, -0.25) is 0 Å². The molecule has 2 aliphatic heterocycles. The number of carbonyl (C=O) groups excluding carboxylic acids is 1. The van der Waals surface area contributed by atoms with Crippen molar-refractivity contribution in [2.45, 2.75) is 12.5 Å². The Morgan fingerprint density at radius 3 is 3.05 bits per heavy atom. The van der Waals surface area contributed by atoms with Crippen molar-refractivity contribution in [2.75, 3.05) is 20.3 Å². The van der Waals surface area contributed by atoms with Gasteiger partial charge in [-0.1, -0.05) is 15.9 Å². The van der Waals surface area contributed by atoms with Gasteiger partial charge >= 0.3 is 6.09 Å². The van der Waals surface area contributed by atoms with Crippen LogP contribution < -0.4 is 4.74 Å². The highest BCUT2D eigenvalue weighted by Gasteiger charge is 2.41. The molecule has 112 valence electrons. The van der Waals surface area contributed by atoms with Crippen molar-refractivity contribution in [3.63, 3.8) is 0 Å². The average Bonchev–Trinajstić information content (AvgIpc) is 2.87. The Bertz CT molecular complexity index is 644. The third kappa shape index (κ3) is 2.54. The fraction of sp³-hybridized carbons (Fsp3) is 0.357. The normalized spacial score (nSPS) is 24.1. The van der Waals surface area contributed by atoms with Gasteiger partial charge in [-0.05, 0) is 42.6 Å². The second-order valence-electron chi connectivity index (χ2n) is 5.11. The third-order valence-electron chi connectivity index (χ3n) is 3.42. The van der Waals surface area contributed by atoms with E-state index in [1.807, 2.05) is 18.2 Å². The zero-order chi connectivity index (χ0) is 15.2. The van der Waals surface area contributed by atoms with Crippen LogP contribution in [0.4, 0.5) is 4.79 Å². The molecule has 3 rings (SSSR count). The fourth-order valence-electron chi connectivity index (χ4n) is 2.40.